The first-order valence-electron chi connectivity index (χ1n) is 12.3. The number of benzene rings is 2. The molecule has 0 saturated carbocycles. The number of fused-ring (bicyclic) bond motifs is 1. The van der Waals surface area contributed by atoms with E-state index in [-0.39, 0.29) is 17.9 Å². The standard InChI is InChI=1S/C28H29N7O2/c1-3-23(36)34-13-5-8-22(16-34)35-27-24(26(29)31-17-32-27)25(33-35)20-11-9-19(10-12-20)15-30-28(37)21-7-4-6-18(2)14-21/h3-4,6-7,9-12,14,17,22H,1,5,8,13,15-16H2,2H3,(H,30,37)(H2,29,31,32)/t22-/m1/s1. The van der Waals surface area contributed by atoms with Gasteiger partial charge in [-0.15, -0.1) is 0 Å². The second-order valence-corrected chi connectivity index (χ2v) is 9.28. The number of aromatic nitrogens is 4. The Hall–Kier alpha value is -4.53. The third-order valence-corrected chi connectivity index (χ3v) is 6.71. The van der Waals surface area contributed by atoms with E-state index < -0.39 is 0 Å². The average molecular weight is 496 g/mol. The zero-order chi connectivity index (χ0) is 25.9. The highest BCUT2D eigenvalue weighted by molar-refractivity contribution is 5.98. The van der Waals surface area contributed by atoms with Crippen molar-refractivity contribution < 1.29 is 9.59 Å². The highest BCUT2D eigenvalue weighted by Gasteiger charge is 2.28. The van der Waals surface area contributed by atoms with Gasteiger partial charge in [0.15, 0.2) is 5.65 Å². The van der Waals surface area contributed by atoms with Crippen molar-refractivity contribution >= 4 is 28.7 Å². The quantitative estimate of drug-likeness (QED) is 0.394. The molecule has 0 bridgehead atoms. The van der Waals surface area contributed by atoms with Crippen LogP contribution in [0.5, 0.6) is 0 Å². The van der Waals surface area contributed by atoms with Gasteiger partial charge in [-0.1, -0.05) is 48.5 Å². The molecule has 0 aliphatic carbocycles. The number of nitrogen functional groups attached to an aromatic ring is 1. The molecule has 3 heterocycles. The number of hydrogen-bond acceptors (Lipinski definition) is 6. The molecule has 0 spiro atoms. The van der Waals surface area contributed by atoms with Crippen LogP contribution in [-0.4, -0.2) is 49.6 Å². The predicted molar refractivity (Wildman–Crippen MR) is 143 cm³/mol. The normalized spacial score (nSPS) is 15.5. The van der Waals surface area contributed by atoms with Crippen molar-refractivity contribution in [1.82, 2.24) is 30.0 Å². The fraction of sp³-hybridized carbons (Fsp3) is 0.250. The molecule has 37 heavy (non-hydrogen) atoms. The first-order valence-corrected chi connectivity index (χ1v) is 12.3. The maximum absolute atomic E-state index is 12.5. The number of carbonyl (C=O) groups excluding carboxylic acids is 2. The van der Waals surface area contributed by atoms with Gasteiger partial charge in [0.25, 0.3) is 5.91 Å². The van der Waals surface area contributed by atoms with Gasteiger partial charge in [0.05, 0.1) is 11.4 Å². The summed E-state index contributed by atoms with van der Waals surface area (Å²) in [5.41, 5.74) is 11.1. The van der Waals surface area contributed by atoms with E-state index in [1.807, 2.05) is 54.1 Å². The zero-order valence-electron chi connectivity index (χ0n) is 20.7. The Labute approximate surface area is 215 Å². The minimum absolute atomic E-state index is 0.0284. The molecular formula is C28H29N7O2. The number of amides is 2. The highest BCUT2D eigenvalue weighted by Crippen LogP contribution is 2.33. The Balaban J connectivity index is 1.39. The van der Waals surface area contributed by atoms with Gasteiger partial charge in [-0.25, -0.2) is 14.6 Å². The lowest BCUT2D eigenvalue weighted by atomic mass is 10.1. The van der Waals surface area contributed by atoms with Gasteiger partial charge in [-0.2, -0.15) is 5.10 Å². The van der Waals surface area contributed by atoms with Crippen LogP contribution in [0.25, 0.3) is 22.3 Å². The van der Waals surface area contributed by atoms with Crippen LogP contribution in [0.4, 0.5) is 5.82 Å². The molecule has 1 aliphatic rings. The van der Waals surface area contributed by atoms with Crippen LogP contribution >= 0.6 is 0 Å². The predicted octanol–water partition coefficient (Wildman–Crippen LogP) is 3.66. The molecule has 1 aliphatic heterocycles. The topological polar surface area (TPSA) is 119 Å². The number of piperidine rings is 1. The van der Waals surface area contributed by atoms with Gasteiger partial charge in [-0.3, -0.25) is 9.59 Å². The van der Waals surface area contributed by atoms with Gasteiger partial charge in [0.2, 0.25) is 5.91 Å². The fourth-order valence-corrected chi connectivity index (χ4v) is 4.79. The SMILES string of the molecule is C=CC(=O)N1CCC[C@@H](n2nc(-c3ccc(CNC(=O)c4cccc(C)c4)cc3)c3c(N)ncnc32)C1. The molecule has 1 atom stereocenters. The van der Waals surface area contributed by atoms with Gasteiger partial charge in [-0.05, 0) is 43.5 Å². The van der Waals surface area contributed by atoms with E-state index >= 15 is 0 Å². The molecule has 9 nitrogen and oxygen atoms in total. The van der Waals surface area contributed by atoms with Crippen molar-refractivity contribution in [1.29, 1.82) is 0 Å². The van der Waals surface area contributed by atoms with Gasteiger partial charge >= 0.3 is 0 Å². The second-order valence-electron chi connectivity index (χ2n) is 9.28. The first-order chi connectivity index (χ1) is 17.9. The Morgan fingerprint density at radius 1 is 1.19 bits per heavy atom. The fourth-order valence-electron chi connectivity index (χ4n) is 4.79. The molecule has 2 aromatic heterocycles. The number of likely N-dealkylation sites (tertiary alicyclic amines) is 1. The van der Waals surface area contributed by atoms with Crippen LogP contribution in [0.15, 0.2) is 67.5 Å². The van der Waals surface area contributed by atoms with E-state index in [0.29, 0.717) is 47.7 Å². The number of nitrogens with two attached hydrogens (primary N) is 1. The van der Waals surface area contributed by atoms with Crippen molar-refractivity contribution in [2.24, 2.45) is 0 Å². The molecule has 5 rings (SSSR count). The number of nitrogens with one attached hydrogen (secondary N) is 1. The van der Waals surface area contributed by atoms with Crippen LogP contribution in [0.1, 0.15) is 40.4 Å². The third-order valence-electron chi connectivity index (χ3n) is 6.71. The van der Waals surface area contributed by atoms with Crippen molar-refractivity contribution in [2.45, 2.75) is 32.4 Å². The van der Waals surface area contributed by atoms with Crippen LogP contribution in [0.2, 0.25) is 0 Å². The summed E-state index contributed by atoms with van der Waals surface area (Å²) >= 11 is 0. The molecule has 1 fully saturated rings. The van der Waals surface area contributed by atoms with E-state index in [4.69, 9.17) is 10.8 Å². The van der Waals surface area contributed by atoms with E-state index in [1.54, 1.807) is 11.0 Å². The summed E-state index contributed by atoms with van der Waals surface area (Å²) in [6.45, 7) is 7.21. The molecule has 4 aromatic rings. The lowest BCUT2D eigenvalue weighted by Gasteiger charge is -2.32. The maximum Gasteiger partial charge on any atom is 0.251 e. The van der Waals surface area contributed by atoms with Crippen molar-refractivity contribution in [3.8, 4) is 11.3 Å². The van der Waals surface area contributed by atoms with E-state index in [2.05, 4.69) is 21.9 Å². The van der Waals surface area contributed by atoms with E-state index in [9.17, 15) is 9.59 Å². The minimum Gasteiger partial charge on any atom is -0.383 e. The van der Waals surface area contributed by atoms with E-state index in [0.717, 1.165) is 29.5 Å². The molecule has 2 aromatic carbocycles. The largest absolute Gasteiger partial charge is 0.383 e. The summed E-state index contributed by atoms with van der Waals surface area (Å²) in [6, 6.07) is 15.3. The van der Waals surface area contributed by atoms with Crippen molar-refractivity contribution in [3.05, 3.63) is 84.2 Å². The van der Waals surface area contributed by atoms with Gasteiger partial charge in [0, 0.05) is 30.8 Å². The molecule has 1 saturated heterocycles. The lowest BCUT2D eigenvalue weighted by molar-refractivity contribution is -0.127. The van der Waals surface area contributed by atoms with Crippen molar-refractivity contribution in [3.63, 3.8) is 0 Å². The molecule has 188 valence electrons. The summed E-state index contributed by atoms with van der Waals surface area (Å²) in [5, 5.41) is 8.57. The smallest absolute Gasteiger partial charge is 0.251 e. The van der Waals surface area contributed by atoms with Crippen molar-refractivity contribution in [2.75, 3.05) is 18.8 Å². The molecule has 3 N–H and O–H groups in total. The number of hydrogen-bond donors (Lipinski definition) is 2. The Morgan fingerprint density at radius 2 is 2.00 bits per heavy atom. The molecule has 0 unspecified atom stereocenters. The molecular weight excluding hydrogens is 466 g/mol. The van der Waals surface area contributed by atoms with Crippen LogP contribution in [-0.2, 0) is 11.3 Å². The minimum atomic E-state index is -0.112. The molecule has 2 amide bonds. The van der Waals surface area contributed by atoms with Crippen LogP contribution in [0, 0.1) is 6.92 Å². The number of nitrogens with zero attached hydrogens (tertiary/aromatic N) is 5. The molecule has 9 heteroatoms. The summed E-state index contributed by atoms with van der Waals surface area (Å²) < 4.78 is 1.88. The van der Waals surface area contributed by atoms with Gasteiger partial charge < -0.3 is 16.0 Å². The second kappa shape index (κ2) is 10.2. The Kier molecular flexibility index (Phi) is 6.68. The first kappa shape index (κ1) is 24.2. The van der Waals surface area contributed by atoms with Gasteiger partial charge in [0.1, 0.15) is 17.8 Å². The number of anilines is 1. The summed E-state index contributed by atoms with van der Waals surface area (Å²) in [4.78, 5) is 35.2. The highest BCUT2D eigenvalue weighted by atomic mass is 16.2. The third kappa shape index (κ3) is 4.93. The lowest BCUT2D eigenvalue weighted by Crippen LogP contribution is -2.40. The monoisotopic (exact) mass is 495 g/mol. The number of aryl methyl sites for hydroxylation is 1. The Bertz CT molecular complexity index is 1480. The van der Waals surface area contributed by atoms with Crippen LogP contribution < -0.4 is 11.1 Å². The average Bonchev–Trinajstić information content (AvgIpc) is 3.32. The van der Waals surface area contributed by atoms with Crippen LogP contribution in [0.3, 0.4) is 0 Å². The number of rotatable bonds is 6. The summed E-state index contributed by atoms with van der Waals surface area (Å²) in [6.07, 6.45) is 4.53. The zero-order valence-corrected chi connectivity index (χ0v) is 20.7. The maximum atomic E-state index is 12.5. The number of carbonyl (C=O) groups is 2. The summed E-state index contributed by atoms with van der Waals surface area (Å²) in [7, 11) is 0. The molecule has 0 radical (unpaired) electrons. The Morgan fingerprint density at radius 3 is 2.76 bits per heavy atom. The van der Waals surface area contributed by atoms with E-state index in [1.165, 1.54) is 12.4 Å². The summed E-state index contributed by atoms with van der Waals surface area (Å²) in [5.74, 6) is 0.162.